The number of fused-ring (bicyclic) bond motifs is 1. The van der Waals surface area contributed by atoms with Crippen LogP contribution in [0.4, 0.5) is 0 Å². The number of hydrogen-bond acceptors (Lipinski definition) is 2. The third kappa shape index (κ3) is 0.924. The van der Waals surface area contributed by atoms with Crippen molar-refractivity contribution in [3.05, 3.63) is 0 Å². The number of nitrogens with zero attached hydrogens (tertiary/aromatic N) is 1. The van der Waals surface area contributed by atoms with Gasteiger partial charge in [0.15, 0.2) is 5.78 Å². The second-order valence-corrected chi connectivity index (χ2v) is 4.60. The average molecular weight is 153 g/mol. The predicted molar refractivity (Wildman–Crippen MR) is 43.4 cm³/mol. The van der Waals surface area contributed by atoms with Crippen LogP contribution in [0, 0.1) is 0 Å². The number of ketones is 1. The standard InChI is InChI=1S/C9H15NO/c1-9(2,3)10-6-4-5-7(11)8(6)10/h6,8H,4-5H2,1-3H3. The van der Waals surface area contributed by atoms with Gasteiger partial charge in [0.05, 0.1) is 6.04 Å². The fourth-order valence-corrected chi connectivity index (χ4v) is 2.30. The van der Waals surface area contributed by atoms with E-state index >= 15 is 0 Å². The van der Waals surface area contributed by atoms with Gasteiger partial charge in [0.25, 0.3) is 0 Å². The number of carbonyl (C=O) groups excluding carboxylic acids is 1. The Morgan fingerprint density at radius 1 is 1.45 bits per heavy atom. The highest BCUT2D eigenvalue weighted by molar-refractivity contribution is 5.90. The van der Waals surface area contributed by atoms with Gasteiger partial charge in [0.2, 0.25) is 0 Å². The number of rotatable bonds is 0. The first-order valence-electron chi connectivity index (χ1n) is 4.33. The smallest absolute Gasteiger partial charge is 0.151 e. The SMILES string of the molecule is CC(C)(C)N1C2CCC(=O)C21. The van der Waals surface area contributed by atoms with Crippen molar-refractivity contribution in [1.82, 2.24) is 4.90 Å². The fourth-order valence-electron chi connectivity index (χ4n) is 2.30. The van der Waals surface area contributed by atoms with Gasteiger partial charge in [-0.15, -0.1) is 0 Å². The van der Waals surface area contributed by atoms with Gasteiger partial charge in [-0.1, -0.05) is 0 Å². The highest BCUT2D eigenvalue weighted by atomic mass is 16.1. The zero-order valence-electron chi connectivity index (χ0n) is 7.42. The Labute approximate surface area is 67.6 Å². The maximum atomic E-state index is 11.2. The molecule has 1 aliphatic heterocycles. The summed E-state index contributed by atoms with van der Waals surface area (Å²) in [4.78, 5) is 13.6. The first-order chi connectivity index (χ1) is 5.02. The third-order valence-corrected chi connectivity index (χ3v) is 2.72. The number of Topliss-reactive ketones (excluding diaryl/α,β-unsaturated/α-hetero) is 1. The molecule has 2 heteroatoms. The molecule has 62 valence electrons. The molecule has 2 aliphatic rings. The molecule has 1 saturated heterocycles. The molecular weight excluding hydrogens is 138 g/mol. The van der Waals surface area contributed by atoms with E-state index in [2.05, 4.69) is 25.7 Å². The van der Waals surface area contributed by atoms with E-state index < -0.39 is 0 Å². The van der Waals surface area contributed by atoms with Crippen molar-refractivity contribution in [3.63, 3.8) is 0 Å². The summed E-state index contributed by atoms with van der Waals surface area (Å²) in [6.07, 6.45) is 1.92. The topological polar surface area (TPSA) is 20.1 Å². The second-order valence-electron chi connectivity index (χ2n) is 4.60. The first-order valence-corrected chi connectivity index (χ1v) is 4.33. The zero-order chi connectivity index (χ0) is 8.22. The Hall–Kier alpha value is -0.370. The van der Waals surface area contributed by atoms with Crippen LogP contribution in [-0.4, -0.2) is 28.3 Å². The lowest BCUT2D eigenvalue weighted by molar-refractivity contribution is -0.119. The van der Waals surface area contributed by atoms with E-state index in [0.717, 1.165) is 12.8 Å². The molecular formula is C9H15NO. The van der Waals surface area contributed by atoms with Crippen LogP contribution in [0.2, 0.25) is 0 Å². The van der Waals surface area contributed by atoms with Crippen molar-refractivity contribution in [3.8, 4) is 0 Å². The monoisotopic (exact) mass is 153 g/mol. The van der Waals surface area contributed by atoms with Crippen molar-refractivity contribution >= 4 is 5.78 Å². The maximum Gasteiger partial charge on any atom is 0.151 e. The van der Waals surface area contributed by atoms with Gasteiger partial charge < -0.3 is 0 Å². The van der Waals surface area contributed by atoms with Crippen LogP contribution in [0.15, 0.2) is 0 Å². The van der Waals surface area contributed by atoms with Crippen LogP contribution in [0.3, 0.4) is 0 Å². The predicted octanol–water partition coefficient (Wildman–Crippen LogP) is 1.20. The minimum Gasteiger partial charge on any atom is -0.298 e. The Balaban J connectivity index is 2.10. The Kier molecular flexibility index (Phi) is 1.23. The Morgan fingerprint density at radius 3 is 2.36 bits per heavy atom. The summed E-state index contributed by atoms with van der Waals surface area (Å²) in [5.41, 5.74) is 0.200. The van der Waals surface area contributed by atoms with E-state index in [1.807, 2.05) is 0 Å². The first kappa shape index (κ1) is 7.29. The summed E-state index contributed by atoms with van der Waals surface area (Å²) in [5.74, 6) is 0.463. The van der Waals surface area contributed by atoms with E-state index in [9.17, 15) is 4.79 Å². The van der Waals surface area contributed by atoms with E-state index in [1.54, 1.807) is 0 Å². The van der Waals surface area contributed by atoms with Crippen molar-refractivity contribution in [2.75, 3.05) is 0 Å². The molecule has 1 heterocycles. The molecule has 2 nitrogen and oxygen atoms in total. The summed E-state index contributed by atoms with van der Waals surface area (Å²) < 4.78 is 0. The summed E-state index contributed by atoms with van der Waals surface area (Å²) in [5, 5.41) is 0. The van der Waals surface area contributed by atoms with Crippen LogP contribution < -0.4 is 0 Å². The largest absolute Gasteiger partial charge is 0.298 e. The summed E-state index contributed by atoms with van der Waals surface area (Å²) >= 11 is 0. The van der Waals surface area contributed by atoms with Gasteiger partial charge in [0, 0.05) is 18.0 Å². The third-order valence-electron chi connectivity index (χ3n) is 2.72. The Morgan fingerprint density at radius 2 is 2.09 bits per heavy atom. The van der Waals surface area contributed by atoms with Crippen LogP contribution in [0.5, 0.6) is 0 Å². The lowest BCUT2D eigenvalue weighted by Crippen LogP contribution is -2.31. The molecule has 11 heavy (non-hydrogen) atoms. The van der Waals surface area contributed by atoms with Gasteiger partial charge in [-0.2, -0.15) is 0 Å². The summed E-state index contributed by atoms with van der Waals surface area (Å²) in [6, 6.07) is 0.900. The Bertz CT molecular complexity index is 204. The number of piperidine rings is 1. The molecule has 0 radical (unpaired) electrons. The minimum atomic E-state index is 0.200. The van der Waals surface area contributed by atoms with Gasteiger partial charge in [-0.3, -0.25) is 9.69 Å². The van der Waals surface area contributed by atoms with Gasteiger partial charge in [0.1, 0.15) is 0 Å². The van der Waals surface area contributed by atoms with Crippen molar-refractivity contribution in [2.24, 2.45) is 0 Å². The molecule has 2 rings (SSSR count). The van der Waals surface area contributed by atoms with Crippen LogP contribution in [0.25, 0.3) is 0 Å². The molecule has 0 bridgehead atoms. The molecule has 3 atom stereocenters. The molecule has 0 aromatic carbocycles. The fraction of sp³-hybridized carbons (Fsp3) is 0.889. The van der Waals surface area contributed by atoms with Crippen molar-refractivity contribution in [2.45, 2.75) is 51.2 Å². The molecule has 0 aromatic heterocycles. The highest BCUT2D eigenvalue weighted by Gasteiger charge is 2.59. The molecule has 0 amide bonds. The molecule has 1 aliphatic carbocycles. The minimum absolute atomic E-state index is 0.200. The second kappa shape index (κ2) is 1.86. The van der Waals surface area contributed by atoms with E-state index in [0.29, 0.717) is 17.9 Å². The number of carbonyl (C=O) groups is 1. The van der Waals surface area contributed by atoms with Crippen LogP contribution >= 0.6 is 0 Å². The van der Waals surface area contributed by atoms with E-state index in [4.69, 9.17) is 0 Å². The van der Waals surface area contributed by atoms with Crippen molar-refractivity contribution < 1.29 is 4.79 Å². The lowest BCUT2D eigenvalue weighted by Gasteiger charge is -2.23. The average Bonchev–Trinajstić information content (AvgIpc) is 2.47. The van der Waals surface area contributed by atoms with Crippen molar-refractivity contribution in [1.29, 1.82) is 0 Å². The molecule has 1 saturated carbocycles. The number of likely N-dealkylation sites (tertiary alicyclic amines) is 1. The molecule has 0 N–H and O–H groups in total. The van der Waals surface area contributed by atoms with E-state index in [-0.39, 0.29) is 5.54 Å². The quantitative estimate of drug-likeness (QED) is 0.487. The molecule has 0 aromatic rings. The summed E-state index contributed by atoms with van der Waals surface area (Å²) in [7, 11) is 0. The van der Waals surface area contributed by atoms with Gasteiger partial charge in [-0.25, -0.2) is 0 Å². The molecule has 2 fully saturated rings. The summed E-state index contributed by atoms with van der Waals surface area (Å²) in [6.45, 7) is 6.54. The molecule has 3 unspecified atom stereocenters. The zero-order valence-corrected chi connectivity index (χ0v) is 7.42. The molecule has 0 spiro atoms. The van der Waals surface area contributed by atoms with Gasteiger partial charge in [-0.05, 0) is 27.2 Å². The van der Waals surface area contributed by atoms with E-state index in [1.165, 1.54) is 0 Å². The lowest BCUT2D eigenvalue weighted by atomic mass is 10.1. The normalized spacial score (nSPS) is 42.5. The maximum absolute atomic E-state index is 11.2. The van der Waals surface area contributed by atoms with Gasteiger partial charge >= 0.3 is 0 Å². The number of hydrogen-bond donors (Lipinski definition) is 0. The van der Waals surface area contributed by atoms with Crippen LogP contribution in [0.1, 0.15) is 33.6 Å². The van der Waals surface area contributed by atoms with Crippen LogP contribution in [-0.2, 0) is 4.79 Å². The highest BCUT2D eigenvalue weighted by Crippen LogP contribution is 2.45.